The van der Waals surface area contributed by atoms with Crippen LogP contribution >= 0.6 is 0 Å². The molecule has 2 aromatic rings. The molecule has 0 atom stereocenters. The van der Waals surface area contributed by atoms with Crippen LogP contribution < -0.4 is 5.32 Å². The fraction of sp³-hybridized carbons (Fsp3) is 0.143. The molecule has 96 valence electrons. The smallest absolute Gasteiger partial charge is 0.160 e. The first-order valence-corrected chi connectivity index (χ1v) is 5.61. The normalized spacial score (nSPS) is 10.1. The fourth-order valence-electron chi connectivity index (χ4n) is 1.80. The molecule has 2 rings (SSSR count). The third-order valence-corrected chi connectivity index (χ3v) is 2.64. The van der Waals surface area contributed by atoms with E-state index < -0.39 is 11.6 Å². The second-order valence-corrected chi connectivity index (χ2v) is 4.14. The SMILES string of the molecule is Cc1cc(Nc2ccc(F)c(F)c2)c(C#N)c(C)n1. The van der Waals surface area contributed by atoms with Gasteiger partial charge in [-0.25, -0.2) is 8.78 Å². The molecule has 1 heterocycles. The van der Waals surface area contributed by atoms with E-state index in [1.165, 1.54) is 6.07 Å². The van der Waals surface area contributed by atoms with Gasteiger partial charge < -0.3 is 5.32 Å². The molecular formula is C14H11F2N3. The van der Waals surface area contributed by atoms with Crippen molar-refractivity contribution in [1.29, 1.82) is 5.26 Å². The van der Waals surface area contributed by atoms with Crippen LogP contribution in [0.1, 0.15) is 17.0 Å². The van der Waals surface area contributed by atoms with E-state index in [2.05, 4.69) is 10.3 Å². The molecule has 19 heavy (non-hydrogen) atoms. The number of benzene rings is 1. The quantitative estimate of drug-likeness (QED) is 0.896. The van der Waals surface area contributed by atoms with E-state index in [9.17, 15) is 8.78 Å². The van der Waals surface area contributed by atoms with Crippen LogP contribution in [0, 0.1) is 36.8 Å². The van der Waals surface area contributed by atoms with E-state index in [0.29, 0.717) is 22.6 Å². The van der Waals surface area contributed by atoms with Gasteiger partial charge in [0.15, 0.2) is 11.6 Å². The molecule has 0 radical (unpaired) electrons. The van der Waals surface area contributed by atoms with Gasteiger partial charge in [-0.15, -0.1) is 0 Å². The standard InChI is InChI=1S/C14H11F2N3/c1-8-5-14(11(7-17)9(2)18-8)19-10-3-4-12(15)13(16)6-10/h3-6H,1-2H3,(H,18,19). The number of nitriles is 1. The Balaban J connectivity index is 2.43. The second-order valence-electron chi connectivity index (χ2n) is 4.14. The van der Waals surface area contributed by atoms with E-state index in [0.717, 1.165) is 17.8 Å². The van der Waals surface area contributed by atoms with Crippen molar-refractivity contribution in [2.45, 2.75) is 13.8 Å². The number of aryl methyl sites for hydroxylation is 2. The predicted octanol–water partition coefficient (Wildman–Crippen LogP) is 3.59. The molecule has 1 aromatic heterocycles. The molecule has 0 unspecified atom stereocenters. The highest BCUT2D eigenvalue weighted by Crippen LogP contribution is 2.24. The molecule has 0 spiro atoms. The minimum absolute atomic E-state index is 0.375. The largest absolute Gasteiger partial charge is 0.354 e. The van der Waals surface area contributed by atoms with E-state index in [1.54, 1.807) is 19.9 Å². The van der Waals surface area contributed by atoms with Crippen LogP contribution in [-0.4, -0.2) is 4.98 Å². The van der Waals surface area contributed by atoms with Gasteiger partial charge in [-0.3, -0.25) is 4.98 Å². The Morgan fingerprint density at radius 3 is 2.53 bits per heavy atom. The van der Waals surface area contributed by atoms with Gasteiger partial charge in [-0.05, 0) is 32.0 Å². The Morgan fingerprint density at radius 1 is 1.16 bits per heavy atom. The third kappa shape index (κ3) is 2.68. The minimum Gasteiger partial charge on any atom is -0.354 e. The van der Waals surface area contributed by atoms with Crippen LogP contribution in [0.3, 0.4) is 0 Å². The number of nitrogens with one attached hydrogen (secondary N) is 1. The summed E-state index contributed by atoms with van der Waals surface area (Å²) < 4.78 is 26.0. The summed E-state index contributed by atoms with van der Waals surface area (Å²) >= 11 is 0. The first kappa shape index (κ1) is 13.0. The molecule has 5 heteroatoms. The van der Waals surface area contributed by atoms with Crippen molar-refractivity contribution in [2.75, 3.05) is 5.32 Å². The highest BCUT2D eigenvalue weighted by Gasteiger charge is 2.09. The zero-order valence-corrected chi connectivity index (χ0v) is 10.5. The number of hydrogen-bond acceptors (Lipinski definition) is 3. The van der Waals surface area contributed by atoms with Crippen LogP contribution in [0.4, 0.5) is 20.2 Å². The number of halogens is 2. The van der Waals surface area contributed by atoms with Crippen LogP contribution in [-0.2, 0) is 0 Å². The summed E-state index contributed by atoms with van der Waals surface area (Å²) in [6.07, 6.45) is 0. The lowest BCUT2D eigenvalue weighted by atomic mass is 10.1. The van der Waals surface area contributed by atoms with E-state index in [4.69, 9.17) is 5.26 Å². The lowest BCUT2D eigenvalue weighted by Crippen LogP contribution is -2.00. The van der Waals surface area contributed by atoms with E-state index in [1.807, 2.05) is 6.07 Å². The molecule has 3 nitrogen and oxygen atoms in total. The monoisotopic (exact) mass is 259 g/mol. The lowest BCUT2D eigenvalue weighted by molar-refractivity contribution is 0.509. The van der Waals surface area contributed by atoms with Crippen LogP contribution in [0.15, 0.2) is 24.3 Å². The van der Waals surface area contributed by atoms with Crippen molar-refractivity contribution in [3.8, 4) is 6.07 Å². The van der Waals surface area contributed by atoms with Gasteiger partial charge in [-0.1, -0.05) is 0 Å². The van der Waals surface area contributed by atoms with Crippen molar-refractivity contribution in [2.24, 2.45) is 0 Å². The summed E-state index contributed by atoms with van der Waals surface area (Å²) in [5.74, 6) is -1.85. The first-order chi connectivity index (χ1) is 9.01. The van der Waals surface area contributed by atoms with Gasteiger partial charge in [0.2, 0.25) is 0 Å². The predicted molar refractivity (Wildman–Crippen MR) is 68.1 cm³/mol. The molecule has 1 aromatic carbocycles. The zero-order chi connectivity index (χ0) is 14.0. The van der Waals surface area contributed by atoms with Crippen molar-refractivity contribution >= 4 is 11.4 Å². The number of nitrogens with zero attached hydrogens (tertiary/aromatic N) is 2. The maximum Gasteiger partial charge on any atom is 0.160 e. The summed E-state index contributed by atoms with van der Waals surface area (Å²) in [6, 6.07) is 7.21. The maximum atomic E-state index is 13.1. The molecule has 0 aliphatic carbocycles. The molecule has 0 amide bonds. The van der Waals surface area contributed by atoms with E-state index in [-0.39, 0.29) is 0 Å². The summed E-state index contributed by atoms with van der Waals surface area (Å²) in [5, 5.41) is 12.0. The van der Waals surface area contributed by atoms with Gasteiger partial charge >= 0.3 is 0 Å². The highest BCUT2D eigenvalue weighted by molar-refractivity contribution is 5.67. The topological polar surface area (TPSA) is 48.7 Å². The molecular weight excluding hydrogens is 248 g/mol. The lowest BCUT2D eigenvalue weighted by Gasteiger charge is -2.11. The molecule has 0 saturated heterocycles. The second kappa shape index (κ2) is 5.02. The van der Waals surface area contributed by atoms with Gasteiger partial charge in [0.05, 0.1) is 16.9 Å². The molecule has 0 saturated carbocycles. The Morgan fingerprint density at radius 2 is 1.89 bits per heavy atom. The molecule has 0 aliphatic heterocycles. The Kier molecular flexibility index (Phi) is 3.43. The molecule has 0 fully saturated rings. The molecule has 0 bridgehead atoms. The summed E-state index contributed by atoms with van der Waals surface area (Å²) in [4.78, 5) is 4.18. The molecule has 1 N–H and O–H groups in total. The Labute approximate surface area is 109 Å². The van der Waals surface area contributed by atoms with Gasteiger partial charge in [0.1, 0.15) is 6.07 Å². The Bertz CT molecular complexity index is 675. The minimum atomic E-state index is -0.939. The average molecular weight is 259 g/mol. The Hall–Kier alpha value is -2.48. The summed E-state index contributed by atoms with van der Waals surface area (Å²) in [7, 11) is 0. The number of anilines is 2. The first-order valence-electron chi connectivity index (χ1n) is 5.61. The maximum absolute atomic E-state index is 13.1. The highest BCUT2D eigenvalue weighted by atomic mass is 19.2. The number of hydrogen-bond donors (Lipinski definition) is 1. The number of rotatable bonds is 2. The van der Waals surface area contributed by atoms with Crippen molar-refractivity contribution < 1.29 is 8.78 Å². The van der Waals surface area contributed by atoms with Crippen molar-refractivity contribution in [1.82, 2.24) is 4.98 Å². The van der Waals surface area contributed by atoms with Gasteiger partial charge in [0, 0.05) is 17.4 Å². The van der Waals surface area contributed by atoms with Crippen molar-refractivity contribution in [3.63, 3.8) is 0 Å². The average Bonchev–Trinajstić information content (AvgIpc) is 2.33. The fourth-order valence-corrected chi connectivity index (χ4v) is 1.80. The number of aromatic nitrogens is 1. The van der Waals surface area contributed by atoms with Gasteiger partial charge in [-0.2, -0.15) is 5.26 Å². The number of pyridine rings is 1. The van der Waals surface area contributed by atoms with Crippen LogP contribution in [0.2, 0.25) is 0 Å². The van der Waals surface area contributed by atoms with Crippen LogP contribution in [0.25, 0.3) is 0 Å². The van der Waals surface area contributed by atoms with Gasteiger partial charge in [0.25, 0.3) is 0 Å². The molecule has 0 aliphatic rings. The van der Waals surface area contributed by atoms with Crippen molar-refractivity contribution in [3.05, 3.63) is 52.9 Å². The van der Waals surface area contributed by atoms with Crippen LogP contribution in [0.5, 0.6) is 0 Å². The zero-order valence-electron chi connectivity index (χ0n) is 10.5. The summed E-state index contributed by atoms with van der Waals surface area (Å²) in [5.41, 5.74) is 2.61. The summed E-state index contributed by atoms with van der Waals surface area (Å²) in [6.45, 7) is 3.52. The van der Waals surface area contributed by atoms with E-state index >= 15 is 0 Å². The third-order valence-electron chi connectivity index (χ3n) is 2.64.